The normalized spacial score (nSPS) is 12.5. The van der Waals surface area contributed by atoms with Crippen molar-refractivity contribution in [3.05, 3.63) is 71.3 Å². The van der Waals surface area contributed by atoms with Gasteiger partial charge in [-0.2, -0.15) is 0 Å². The Kier molecular flexibility index (Phi) is 10.9. The van der Waals surface area contributed by atoms with Gasteiger partial charge in [-0.05, 0) is 36.6 Å². The van der Waals surface area contributed by atoms with Crippen LogP contribution in [0, 0.1) is 0 Å². The third-order valence-corrected chi connectivity index (χ3v) is 5.12. The second kappa shape index (κ2) is 12.6. The van der Waals surface area contributed by atoms with Crippen LogP contribution < -0.4 is 16.0 Å². The summed E-state index contributed by atoms with van der Waals surface area (Å²) in [6, 6.07) is 18.3. The number of hydrogen-bond donors (Lipinski definition) is 3. The molecule has 0 bridgehead atoms. The highest BCUT2D eigenvalue weighted by Crippen LogP contribution is 2.21. The van der Waals surface area contributed by atoms with Gasteiger partial charge in [-0.15, -0.1) is 24.0 Å². The van der Waals surface area contributed by atoms with Gasteiger partial charge in [-0.3, -0.25) is 9.79 Å². The van der Waals surface area contributed by atoms with Crippen LogP contribution in [0.3, 0.4) is 0 Å². The maximum atomic E-state index is 12.3. The Balaban J connectivity index is 0.00000450. The molecule has 0 fully saturated rings. The van der Waals surface area contributed by atoms with Crippen LogP contribution in [0.15, 0.2) is 59.6 Å². The van der Waals surface area contributed by atoms with Crippen molar-refractivity contribution in [1.29, 1.82) is 0 Å². The SMILES string of the molecule is CCC(C)NC(=O)c1cccc(CNC(=NC)NCC(C)(C)c2ccccc2)c1.I. The van der Waals surface area contributed by atoms with Crippen molar-refractivity contribution in [3.63, 3.8) is 0 Å². The van der Waals surface area contributed by atoms with Gasteiger partial charge in [0.2, 0.25) is 0 Å². The van der Waals surface area contributed by atoms with Gasteiger partial charge >= 0.3 is 0 Å². The lowest BCUT2D eigenvalue weighted by Crippen LogP contribution is -2.43. The summed E-state index contributed by atoms with van der Waals surface area (Å²) in [5, 5.41) is 9.75. The molecule has 0 spiro atoms. The van der Waals surface area contributed by atoms with E-state index in [1.54, 1.807) is 7.05 Å². The van der Waals surface area contributed by atoms with Gasteiger partial charge in [-0.1, -0.05) is 63.2 Å². The van der Waals surface area contributed by atoms with Gasteiger partial charge < -0.3 is 16.0 Å². The van der Waals surface area contributed by atoms with E-state index in [1.807, 2.05) is 37.3 Å². The summed E-state index contributed by atoms with van der Waals surface area (Å²) in [5.41, 5.74) is 2.97. The van der Waals surface area contributed by atoms with Gasteiger partial charge in [0.05, 0.1) is 0 Å². The van der Waals surface area contributed by atoms with Crippen LogP contribution in [0.2, 0.25) is 0 Å². The summed E-state index contributed by atoms with van der Waals surface area (Å²) >= 11 is 0. The molecule has 0 saturated heterocycles. The molecule has 30 heavy (non-hydrogen) atoms. The molecular formula is C24H35IN4O. The summed E-state index contributed by atoms with van der Waals surface area (Å²) in [4.78, 5) is 16.7. The molecule has 3 N–H and O–H groups in total. The Morgan fingerprint density at radius 2 is 1.77 bits per heavy atom. The van der Waals surface area contributed by atoms with Crippen molar-refractivity contribution in [2.75, 3.05) is 13.6 Å². The quantitative estimate of drug-likeness (QED) is 0.272. The van der Waals surface area contributed by atoms with Crippen LogP contribution >= 0.6 is 24.0 Å². The van der Waals surface area contributed by atoms with Crippen LogP contribution in [-0.4, -0.2) is 31.5 Å². The molecule has 0 aliphatic rings. The smallest absolute Gasteiger partial charge is 0.251 e. The highest BCUT2D eigenvalue weighted by atomic mass is 127. The van der Waals surface area contributed by atoms with Gasteiger partial charge in [0.1, 0.15) is 0 Å². The van der Waals surface area contributed by atoms with Crippen molar-refractivity contribution in [1.82, 2.24) is 16.0 Å². The minimum absolute atomic E-state index is 0. The van der Waals surface area contributed by atoms with Crippen LogP contribution in [0.25, 0.3) is 0 Å². The molecule has 2 rings (SSSR count). The fraction of sp³-hybridized carbons (Fsp3) is 0.417. The number of halogens is 1. The molecule has 2 aromatic carbocycles. The molecule has 164 valence electrons. The third-order valence-electron chi connectivity index (χ3n) is 5.12. The molecule has 0 aliphatic heterocycles. The zero-order valence-electron chi connectivity index (χ0n) is 18.7. The number of hydrogen-bond acceptors (Lipinski definition) is 2. The number of rotatable bonds is 8. The summed E-state index contributed by atoms with van der Waals surface area (Å²) < 4.78 is 0. The molecule has 0 radical (unpaired) electrons. The van der Waals surface area contributed by atoms with E-state index in [1.165, 1.54) is 5.56 Å². The van der Waals surface area contributed by atoms with Crippen molar-refractivity contribution in [2.45, 2.75) is 52.1 Å². The molecule has 1 unspecified atom stereocenters. The summed E-state index contributed by atoms with van der Waals surface area (Å²) in [5.74, 6) is 0.705. The highest BCUT2D eigenvalue weighted by molar-refractivity contribution is 14.0. The monoisotopic (exact) mass is 522 g/mol. The van der Waals surface area contributed by atoms with Crippen molar-refractivity contribution >= 4 is 35.8 Å². The van der Waals surface area contributed by atoms with E-state index in [2.05, 4.69) is 66.0 Å². The molecule has 1 atom stereocenters. The lowest BCUT2D eigenvalue weighted by molar-refractivity contribution is 0.0939. The predicted octanol–water partition coefficient (Wildman–Crippen LogP) is 4.48. The summed E-state index contributed by atoms with van der Waals surface area (Å²) in [6.45, 7) is 9.84. The van der Waals surface area contributed by atoms with Gasteiger partial charge in [0.15, 0.2) is 5.96 Å². The lowest BCUT2D eigenvalue weighted by Gasteiger charge is -2.26. The van der Waals surface area contributed by atoms with Gasteiger partial charge in [0, 0.05) is 37.2 Å². The first-order valence-electron chi connectivity index (χ1n) is 10.3. The standard InChI is InChI=1S/C24H34N4O.HI/c1-6-18(2)28-22(29)20-12-10-11-19(15-20)16-26-23(25-5)27-17-24(3,4)21-13-8-7-9-14-21;/h7-15,18H,6,16-17H2,1-5H3,(H,28,29)(H2,25,26,27);1H. The highest BCUT2D eigenvalue weighted by Gasteiger charge is 2.20. The van der Waals surface area contributed by atoms with E-state index in [9.17, 15) is 4.79 Å². The van der Waals surface area contributed by atoms with Gasteiger partial charge in [0.25, 0.3) is 5.91 Å². The number of carbonyl (C=O) groups excluding carboxylic acids is 1. The minimum Gasteiger partial charge on any atom is -0.356 e. The molecule has 0 aliphatic carbocycles. The molecule has 5 nitrogen and oxygen atoms in total. The van der Waals surface area contributed by atoms with Crippen LogP contribution in [0.4, 0.5) is 0 Å². The minimum atomic E-state index is -0.0340. The summed E-state index contributed by atoms with van der Waals surface area (Å²) in [7, 11) is 1.76. The third kappa shape index (κ3) is 7.97. The zero-order valence-corrected chi connectivity index (χ0v) is 21.0. The average Bonchev–Trinajstić information content (AvgIpc) is 2.74. The van der Waals surface area contributed by atoms with E-state index < -0.39 is 0 Å². The second-order valence-corrected chi connectivity index (χ2v) is 8.01. The largest absolute Gasteiger partial charge is 0.356 e. The van der Waals surface area contributed by atoms with Crippen molar-refractivity contribution < 1.29 is 4.79 Å². The molecule has 1 amide bonds. The Hall–Kier alpha value is -2.09. The van der Waals surface area contributed by atoms with E-state index in [0.717, 1.165) is 24.5 Å². The Morgan fingerprint density at radius 1 is 1.07 bits per heavy atom. The maximum Gasteiger partial charge on any atom is 0.251 e. The molecule has 0 heterocycles. The number of amides is 1. The number of guanidine groups is 1. The van der Waals surface area contributed by atoms with Crippen LogP contribution in [0.1, 0.15) is 55.6 Å². The summed E-state index contributed by atoms with van der Waals surface area (Å²) in [6.07, 6.45) is 0.911. The van der Waals surface area contributed by atoms with E-state index in [-0.39, 0.29) is 41.3 Å². The van der Waals surface area contributed by atoms with Crippen LogP contribution in [0.5, 0.6) is 0 Å². The fourth-order valence-corrected chi connectivity index (χ4v) is 2.93. The first kappa shape index (κ1) is 25.9. The molecule has 0 aromatic heterocycles. The van der Waals surface area contributed by atoms with E-state index in [0.29, 0.717) is 12.1 Å². The molecular weight excluding hydrogens is 487 g/mol. The molecule has 0 saturated carbocycles. The Bertz CT molecular complexity index is 821. The average molecular weight is 522 g/mol. The second-order valence-electron chi connectivity index (χ2n) is 8.01. The van der Waals surface area contributed by atoms with E-state index >= 15 is 0 Å². The van der Waals surface area contributed by atoms with Gasteiger partial charge in [-0.25, -0.2) is 0 Å². The maximum absolute atomic E-state index is 12.3. The Morgan fingerprint density at radius 3 is 2.40 bits per heavy atom. The first-order chi connectivity index (χ1) is 13.9. The van der Waals surface area contributed by atoms with Crippen molar-refractivity contribution in [3.8, 4) is 0 Å². The number of benzene rings is 2. The van der Waals surface area contributed by atoms with Crippen molar-refractivity contribution in [2.24, 2.45) is 4.99 Å². The van der Waals surface area contributed by atoms with Crippen LogP contribution in [-0.2, 0) is 12.0 Å². The molecule has 6 heteroatoms. The topological polar surface area (TPSA) is 65.5 Å². The lowest BCUT2D eigenvalue weighted by atomic mass is 9.85. The number of nitrogens with one attached hydrogen (secondary N) is 3. The fourth-order valence-electron chi connectivity index (χ4n) is 2.93. The number of nitrogens with zero attached hydrogens (tertiary/aromatic N) is 1. The number of aliphatic imine (C=N–C) groups is 1. The molecule has 2 aromatic rings. The Labute approximate surface area is 198 Å². The first-order valence-corrected chi connectivity index (χ1v) is 10.3. The zero-order chi connectivity index (χ0) is 21.3. The van der Waals surface area contributed by atoms with E-state index in [4.69, 9.17) is 0 Å². The predicted molar refractivity (Wildman–Crippen MR) is 137 cm³/mol. The number of carbonyl (C=O) groups is 1.